The van der Waals surface area contributed by atoms with Gasteiger partial charge in [0.1, 0.15) is 0 Å². The van der Waals surface area contributed by atoms with E-state index in [1.807, 2.05) is 0 Å². The number of fused-ring (bicyclic) bond motifs is 1. The Labute approximate surface area is 190 Å². The van der Waals surface area contributed by atoms with Crippen molar-refractivity contribution in [1.29, 1.82) is 0 Å². The van der Waals surface area contributed by atoms with Crippen LogP contribution >= 0.6 is 0 Å². The van der Waals surface area contributed by atoms with Crippen LogP contribution in [0.3, 0.4) is 0 Å². The topological polar surface area (TPSA) is 42.2 Å². The Bertz CT molecular complexity index is 1090. The van der Waals surface area contributed by atoms with Gasteiger partial charge in [0.05, 0.1) is 5.56 Å². The summed E-state index contributed by atoms with van der Waals surface area (Å²) in [6.45, 7) is 2.15. The van der Waals surface area contributed by atoms with E-state index in [4.69, 9.17) is 4.42 Å². The summed E-state index contributed by atoms with van der Waals surface area (Å²) in [5.74, 6) is 3.01. The van der Waals surface area contributed by atoms with Gasteiger partial charge < -0.3 is 4.42 Å². The molecule has 1 unspecified atom stereocenters. The molecule has 3 fully saturated rings. The molecule has 172 valence electrons. The van der Waals surface area contributed by atoms with E-state index in [1.165, 1.54) is 43.4 Å². The Morgan fingerprint density at radius 2 is 1.48 bits per heavy atom. The summed E-state index contributed by atoms with van der Waals surface area (Å²) in [6.07, 6.45) is 0.662. The molecule has 3 aliphatic rings. The Morgan fingerprint density at radius 1 is 0.818 bits per heavy atom. The van der Waals surface area contributed by atoms with E-state index in [9.17, 15) is 13.2 Å². The Kier molecular flexibility index (Phi) is 5.05. The average molecular weight is 454 g/mol. The molecule has 1 aromatic heterocycles. The van der Waals surface area contributed by atoms with Crippen molar-refractivity contribution in [3.05, 3.63) is 71.6 Å². The highest BCUT2D eigenvalue weighted by Crippen LogP contribution is 2.58. The van der Waals surface area contributed by atoms with Gasteiger partial charge in [0.15, 0.2) is 0 Å². The van der Waals surface area contributed by atoms with Crippen molar-refractivity contribution < 1.29 is 17.6 Å². The van der Waals surface area contributed by atoms with E-state index in [1.54, 1.807) is 0 Å². The molecule has 0 radical (unpaired) electrons. The third kappa shape index (κ3) is 3.97. The smallest absolute Gasteiger partial charge is 0.416 e. The second kappa shape index (κ2) is 7.97. The molecule has 0 amide bonds. The molecule has 2 aromatic carbocycles. The number of halogens is 3. The van der Waals surface area contributed by atoms with Gasteiger partial charge in [-0.15, -0.1) is 10.2 Å². The van der Waals surface area contributed by atoms with Crippen molar-refractivity contribution in [2.24, 2.45) is 11.8 Å². The number of likely N-dealkylation sites (tertiary alicyclic amines) is 1. The highest BCUT2D eigenvalue weighted by Gasteiger charge is 2.59. The molecule has 0 N–H and O–H groups in total. The minimum atomic E-state index is -4.35. The predicted molar refractivity (Wildman–Crippen MR) is 117 cm³/mol. The molecular formula is C26H26F3N3O. The highest BCUT2D eigenvalue weighted by molar-refractivity contribution is 5.53. The van der Waals surface area contributed by atoms with Crippen LogP contribution in [0.15, 0.2) is 59.0 Å². The van der Waals surface area contributed by atoms with Gasteiger partial charge in [-0.2, -0.15) is 13.2 Å². The van der Waals surface area contributed by atoms with E-state index in [0.717, 1.165) is 25.2 Å². The lowest BCUT2D eigenvalue weighted by molar-refractivity contribution is -0.137. The van der Waals surface area contributed by atoms with Gasteiger partial charge in [-0.25, -0.2) is 0 Å². The van der Waals surface area contributed by atoms with Crippen molar-refractivity contribution in [3.8, 4) is 11.5 Å². The van der Waals surface area contributed by atoms with E-state index in [0.29, 0.717) is 41.1 Å². The number of aromatic nitrogens is 2. The van der Waals surface area contributed by atoms with Crippen molar-refractivity contribution >= 4 is 0 Å². The molecule has 3 aromatic rings. The molecule has 2 aliphatic carbocycles. The standard InChI is InChI=1S/C26H26F3N3O/c27-26(28,29)19-10-6-18(7-11-19)24-30-31-25(33-24)23-21-14-32(15-22(21)23)20-12-8-17(9-13-20)16-4-2-1-3-5-16/h1-7,10-11,17,20-23H,8-9,12-15H2/t17?,20?,21-,22+,23?. The quantitative estimate of drug-likeness (QED) is 0.477. The first kappa shape index (κ1) is 20.9. The number of piperidine rings is 1. The zero-order valence-corrected chi connectivity index (χ0v) is 18.2. The number of hydrogen-bond donors (Lipinski definition) is 0. The summed E-state index contributed by atoms with van der Waals surface area (Å²) in [6, 6.07) is 16.4. The molecule has 33 heavy (non-hydrogen) atoms. The lowest BCUT2D eigenvalue weighted by Crippen LogP contribution is -2.38. The monoisotopic (exact) mass is 453 g/mol. The summed E-state index contributed by atoms with van der Waals surface area (Å²) >= 11 is 0. The fourth-order valence-electron chi connectivity index (χ4n) is 6.01. The van der Waals surface area contributed by atoms with E-state index in [2.05, 4.69) is 45.4 Å². The van der Waals surface area contributed by atoms with Crippen LogP contribution in [0.1, 0.15) is 54.5 Å². The second-order valence-corrected chi connectivity index (χ2v) is 9.74. The molecule has 7 heteroatoms. The fourth-order valence-corrected chi connectivity index (χ4v) is 6.01. The van der Waals surface area contributed by atoms with Crippen LogP contribution in [0.4, 0.5) is 13.2 Å². The maximum absolute atomic E-state index is 12.8. The molecule has 0 spiro atoms. The third-order valence-electron chi connectivity index (χ3n) is 7.89. The van der Waals surface area contributed by atoms with E-state index >= 15 is 0 Å². The van der Waals surface area contributed by atoms with E-state index < -0.39 is 11.7 Å². The maximum atomic E-state index is 12.8. The van der Waals surface area contributed by atoms with Crippen LogP contribution < -0.4 is 0 Å². The first-order valence-electron chi connectivity index (χ1n) is 11.8. The van der Waals surface area contributed by atoms with Gasteiger partial charge in [0.25, 0.3) is 0 Å². The van der Waals surface area contributed by atoms with Gasteiger partial charge in [-0.3, -0.25) is 4.90 Å². The van der Waals surface area contributed by atoms with Crippen LogP contribution in [-0.4, -0.2) is 34.2 Å². The molecule has 4 nitrogen and oxygen atoms in total. The van der Waals surface area contributed by atoms with Crippen LogP contribution in [-0.2, 0) is 6.18 Å². The Morgan fingerprint density at radius 3 is 2.12 bits per heavy atom. The summed E-state index contributed by atoms with van der Waals surface area (Å²) in [4.78, 5) is 2.65. The molecule has 1 saturated heterocycles. The first-order chi connectivity index (χ1) is 16.0. The zero-order chi connectivity index (χ0) is 22.6. The molecular weight excluding hydrogens is 427 g/mol. The van der Waals surface area contributed by atoms with Gasteiger partial charge in [0, 0.05) is 30.6 Å². The van der Waals surface area contributed by atoms with Crippen LogP contribution in [0, 0.1) is 11.8 Å². The maximum Gasteiger partial charge on any atom is 0.416 e. The van der Waals surface area contributed by atoms with Crippen molar-refractivity contribution in [2.45, 2.75) is 49.7 Å². The van der Waals surface area contributed by atoms with Crippen LogP contribution in [0.2, 0.25) is 0 Å². The molecule has 0 bridgehead atoms. The van der Waals surface area contributed by atoms with Gasteiger partial charge >= 0.3 is 6.18 Å². The van der Waals surface area contributed by atoms with Crippen LogP contribution in [0.5, 0.6) is 0 Å². The largest absolute Gasteiger partial charge is 0.420 e. The van der Waals surface area contributed by atoms with Crippen molar-refractivity contribution in [3.63, 3.8) is 0 Å². The van der Waals surface area contributed by atoms with Crippen LogP contribution in [0.25, 0.3) is 11.5 Å². The van der Waals surface area contributed by atoms with Gasteiger partial charge in [-0.1, -0.05) is 30.3 Å². The van der Waals surface area contributed by atoms with E-state index in [-0.39, 0.29) is 5.92 Å². The molecule has 2 saturated carbocycles. The zero-order valence-electron chi connectivity index (χ0n) is 18.2. The molecule has 1 aliphatic heterocycles. The number of hydrogen-bond acceptors (Lipinski definition) is 4. The Balaban J connectivity index is 1.04. The van der Waals surface area contributed by atoms with Gasteiger partial charge in [0.2, 0.25) is 11.8 Å². The lowest BCUT2D eigenvalue weighted by Gasteiger charge is -2.36. The number of benzene rings is 2. The number of rotatable bonds is 4. The number of alkyl halides is 3. The average Bonchev–Trinajstić information content (AvgIpc) is 3.19. The third-order valence-corrected chi connectivity index (χ3v) is 7.89. The van der Waals surface area contributed by atoms with Gasteiger partial charge in [-0.05, 0) is 73.3 Å². The Hall–Kier alpha value is -2.67. The van der Waals surface area contributed by atoms with Crippen molar-refractivity contribution in [2.75, 3.05) is 13.1 Å². The molecule has 6 rings (SSSR count). The molecule has 3 atom stereocenters. The summed E-state index contributed by atoms with van der Waals surface area (Å²) < 4.78 is 44.2. The minimum absolute atomic E-state index is 0.289. The minimum Gasteiger partial charge on any atom is -0.420 e. The second-order valence-electron chi connectivity index (χ2n) is 9.74. The molecule has 2 heterocycles. The summed E-state index contributed by atoms with van der Waals surface area (Å²) in [5, 5.41) is 8.33. The highest BCUT2D eigenvalue weighted by atomic mass is 19.4. The SMILES string of the molecule is FC(F)(F)c1ccc(-c2nnc(C3[C@H]4CN(C5CCC(c6ccccc6)CC5)C[C@@H]34)o2)cc1. The predicted octanol–water partition coefficient (Wildman–Crippen LogP) is 6.13. The first-order valence-corrected chi connectivity index (χ1v) is 11.8. The summed E-state index contributed by atoms with van der Waals surface area (Å²) in [5.41, 5.74) is 1.31. The fraction of sp³-hybridized carbons (Fsp3) is 0.462. The lowest BCUT2D eigenvalue weighted by atomic mass is 9.81. The normalized spacial score (nSPS) is 29.7. The van der Waals surface area contributed by atoms with Crippen molar-refractivity contribution in [1.82, 2.24) is 15.1 Å². The number of nitrogens with zero attached hydrogens (tertiary/aromatic N) is 3. The summed E-state index contributed by atoms with van der Waals surface area (Å²) in [7, 11) is 0.